The second-order valence-corrected chi connectivity index (χ2v) is 8.63. The molecule has 0 aromatic heterocycles. The highest BCUT2D eigenvalue weighted by Crippen LogP contribution is 2.49. The monoisotopic (exact) mass is 424 g/mol. The predicted molar refractivity (Wildman–Crippen MR) is 113 cm³/mol. The fourth-order valence-corrected chi connectivity index (χ4v) is 5.33. The Balaban J connectivity index is 1.55. The van der Waals surface area contributed by atoms with Crippen molar-refractivity contribution in [2.45, 2.75) is 50.9 Å². The standard InChI is InChI=1S/C24H28N2O5/c1-2-3-7-12-31-25-18-13-19(27)22(28)20-16(18)10-11-17-21(20)24(30)26(23(17)29)14-15-8-5-4-6-9-15/h1,4-6,8-9,16-17,19-22,27-28H,3,7,10-14H2/b25-18+/t16-,17+,19+,20-,21+,22+/m0/s1. The molecule has 2 saturated carbocycles. The van der Waals surface area contributed by atoms with E-state index in [2.05, 4.69) is 11.1 Å². The van der Waals surface area contributed by atoms with Crippen LogP contribution in [0, 0.1) is 36.0 Å². The highest BCUT2D eigenvalue weighted by molar-refractivity contribution is 6.06. The molecule has 3 fully saturated rings. The van der Waals surface area contributed by atoms with Crippen molar-refractivity contribution in [3.63, 3.8) is 0 Å². The van der Waals surface area contributed by atoms with E-state index in [-0.39, 0.29) is 30.7 Å². The minimum Gasteiger partial charge on any atom is -0.396 e. The number of amides is 2. The molecule has 1 heterocycles. The molecule has 1 aromatic carbocycles. The number of terminal acetylenes is 1. The van der Waals surface area contributed by atoms with Crippen LogP contribution in [-0.4, -0.2) is 51.5 Å². The van der Waals surface area contributed by atoms with Gasteiger partial charge in [0.15, 0.2) is 0 Å². The molecule has 1 saturated heterocycles. The Kier molecular flexibility index (Phi) is 6.40. The Morgan fingerprint density at radius 3 is 2.61 bits per heavy atom. The van der Waals surface area contributed by atoms with Crippen molar-refractivity contribution in [1.29, 1.82) is 0 Å². The van der Waals surface area contributed by atoms with Crippen LogP contribution in [0.5, 0.6) is 0 Å². The van der Waals surface area contributed by atoms with Crippen LogP contribution in [0.1, 0.15) is 37.7 Å². The van der Waals surface area contributed by atoms with Gasteiger partial charge in [0.05, 0.1) is 36.3 Å². The van der Waals surface area contributed by atoms with E-state index in [0.29, 0.717) is 38.0 Å². The number of imide groups is 1. The van der Waals surface area contributed by atoms with Gasteiger partial charge in [-0.15, -0.1) is 12.3 Å². The van der Waals surface area contributed by atoms with Crippen LogP contribution in [0.25, 0.3) is 0 Å². The minimum absolute atomic E-state index is 0.186. The van der Waals surface area contributed by atoms with Gasteiger partial charge in [-0.2, -0.15) is 0 Å². The average Bonchev–Trinajstić information content (AvgIpc) is 3.02. The third-order valence-electron chi connectivity index (χ3n) is 6.79. The maximum atomic E-state index is 13.3. The van der Waals surface area contributed by atoms with E-state index in [0.717, 1.165) is 5.56 Å². The van der Waals surface area contributed by atoms with Crippen LogP contribution in [0.2, 0.25) is 0 Å². The zero-order valence-corrected chi connectivity index (χ0v) is 17.4. The molecule has 2 N–H and O–H groups in total. The second-order valence-electron chi connectivity index (χ2n) is 8.63. The number of aliphatic hydroxyl groups excluding tert-OH is 2. The van der Waals surface area contributed by atoms with E-state index >= 15 is 0 Å². The smallest absolute Gasteiger partial charge is 0.233 e. The third-order valence-corrected chi connectivity index (χ3v) is 6.79. The van der Waals surface area contributed by atoms with E-state index in [1.165, 1.54) is 4.90 Å². The Morgan fingerprint density at radius 2 is 1.87 bits per heavy atom. The quantitative estimate of drug-likeness (QED) is 0.314. The third kappa shape index (κ3) is 4.10. The summed E-state index contributed by atoms with van der Waals surface area (Å²) in [6.45, 7) is 0.596. The van der Waals surface area contributed by atoms with Gasteiger partial charge in [-0.1, -0.05) is 35.5 Å². The lowest BCUT2D eigenvalue weighted by atomic mass is 9.60. The molecule has 1 aliphatic heterocycles. The number of likely N-dealkylation sites (tertiary alicyclic amines) is 1. The Labute approximate surface area is 182 Å². The molecule has 31 heavy (non-hydrogen) atoms. The minimum atomic E-state index is -1.08. The molecule has 6 atom stereocenters. The molecular formula is C24H28N2O5. The zero-order valence-electron chi connectivity index (χ0n) is 17.4. The highest BCUT2D eigenvalue weighted by atomic mass is 16.6. The Hall–Kier alpha value is -2.69. The molecule has 7 heteroatoms. The molecule has 0 bridgehead atoms. The van der Waals surface area contributed by atoms with Crippen LogP contribution in [-0.2, 0) is 21.0 Å². The van der Waals surface area contributed by atoms with Gasteiger partial charge in [-0.25, -0.2) is 0 Å². The number of benzene rings is 1. The molecule has 4 rings (SSSR count). The lowest BCUT2D eigenvalue weighted by Gasteiger charge is -2.45. The maximum Gasteiger partial charge on any atom is 0.233 e. The van der Waals surface area contributed by atoms with Gasteiger partial charge in [-0.3, -0.25) is 14.5 Å². The van der Waals surface area contributed by atoms with Gasteiger partial charge in [0, 0.05) is 24.7 Å². The molecular weight excluding hydrogens is 396 g/mol. The van der Waals surface area contributed by atoms with Crippen LogP contribution < -0.4 is 0 Å². The zero-order chi connectivity index (χ0) is 22.0. The number of hydrogen-bond acceptors (Lipinski definition) is 6. The number of aliphatic hydroxyl groups is 2. The number of nitrogens with zero attached hydrogens (tertiary/aromatic N) is 2. The first-order chi connectivity index (χ1) is 15.0. The maximum absolute atomic E-state index is 13.3. The number of hydrogen-bond donors (Lipinski definition) is 2. The largest absolute Gasteiger partial charge is 0.396 e. The van der Waals surface area contributed by atoms with Crippen LogP contribution in [0.3, 0.4) is 0 Å². The number of carbonyl (C=O) groups excluding carboxylic acids is 2. The summed E-state index contributed by atoms with van der Waals surface area (Å²) in [6.07, 6.45) is 5.78. The van der Waals surface area contributed by atoms with Crippen molar-refractivity contribution >= 4 is 17.5 Å². The van der Waals surface area contributed by atoms with Gasteiger partial charge in [0.2, 0.25) is 11.8 Å². The first kappa shape index (κ1) is 21.5. The normalized spacial score (nSPS) is 33.7. The van der Waals surface area contributed by atoms with Crippen LogP contribution in [0.15, 0.2) is 35.5 Å². The molecule has 2 aliphatic carbocycles. The van der Waals surface area contributed by atoms with Crippen molar-refractivity contribution in [2.24, 2.45) is 28.8 Å². The van der Waals surface area contributed by atoms with Crippen molar-refractivity contribution in [3.8, 4) is 12.3 Å². The average molecular weight is 424 g/mol. The summed E-state index contributed by atoms with van der Waals surface area (Å²) in [5.74, 6) is 0.239. The van der Waals surface area contributed by atoms with Gasteiger partial charge in [0.25, 0.3) is 0 Å². The Bertz CT molecular complexity index is 893. The summed E-state index contributed by atoms with van der Waals surface area (Å²) in [5, 5.41) is 25.5. The van der Waals surface area contributed by atoms with Gasteiger partial charge < -0.3 is 15.1 Å². The number of unbranched alkanes of at least 4 members (excludes halogenated alkanes) is 1. The van der Waals surface area contributed by atoms with Crippen molar-refractivity contribution in [2.75, 3.05) is 6.61 Å². The topological polar surface area (TPSA) is 99.4 Å². The summed E-state index contributed by atoms with van der Waals surface area (Å²) in [4.78, 5) is 33.1. The first-order valence-corrected chi connectivity index (χ1v) is 10.9. The summed E-state index contributed by atoms with van der Waals surface area (Å²) in [5.41, 5.74) is 1.54. The molecule has 0 spiro atoms. The molecule has 2 amide bonds. The van der Waals surface area contributed by atoms with Crippen molar-refractivity contribution in [1.82, 2.24) is 4.90 Å². The second kappa shape index (κ2) is 9.21. The molecule has 3 aliphatic rings. The van der Waals surface area contributed by atoms with E-state index < -0.39 is 30.0 Å². The van der Waals surface area contributed by atoms with Gasteiger partial charge in [-0.05, 0) is 24.8 Å². The summed E-state index contributed by atoms with van der Waals surface area (Å²) in [7, 11) is 0. The van der Waals surface area contributed by atoms with Gasteiger partial charge in [0.1, 0.15) is 6.61 Å². The van der Waals surface area contributed by atoms with Crippen LogP contribution in [0.4, 0.5) is 0 Å². The summed E-state index contributed by atoms with van der Waals surface area (Å²) < 4.78 is 0. The lowest BCUT2D eigenvalue weighted by molar-refractivity contribution is -0.142. The fraction of sp³-hybridized carbons (Fsp3) is 0.542. The number of oxime groups is 1. The molecule has 164 valence electrons. The lowest BCUT2D eigenvalue weighted by Crippen LogP contribution is -2.54. The highest BCUT2D eigenvalue weighted by Gasteiger charge is 2.59. The summed E-state index contributed by atoms with van der Waals surface area (Å²) >= 11 is 0. The van der Waals surface area contributed by atoms with E-state index in [1.54, 1.807) is 0 Å². The Morgan fingerprint density at radius 1 is 1.13 bits per heavy atom. The molecule has 0 radical (unpaired) electrons. The van der Waals surface area contributed by atoms with E-state index in [1.807, 2.05) is 30.3 Å². The van der Waals surface area contributed by atoms with E-state index in [9.17, 15) is 19.8 Å². The number of fused-ring (bicyclic) bond motifs is 3. The van der Waals surface area contributed by atoms with Gasteiger partial charge >= 0.3 is 0 Å². The first-order valence-electron chi connectivity index (χ1n) is 10.9. The SMILES string of the molecule is C#CCCCO/N=C1\C[C@@H](O)[C@@H](O)[C@@H]2[C@@H]3C(=O)N(Cc4ccccc4)C(=O)[C@@H]3CC[C@@H]12. The van der Waals surface area contributed by atoms with Crippen LogP contribution >= 0.6 is 0 Å². The van der Waals surface area contributed by atoms with Crippen molar-refractivity contribution in [3.05, 3.63) is 35.9 Å². The predicted octanol–water partition coefficient (Wildman–Crippen LogP) is 1.73. The van der Waals surface area contributed by atoms with E-state index in [4.69, 9.17) is 11.3 Å². The molecule has 1 aromatic rings. The number of rotatable bonds is 6. The van der Waals surface area contributed by atoms with Crippen molar-refractivity contribution < 1.29 is 24.6 Å². The molecule has 7 nitrogen and oxygen atoms in total. The number of carbonyl (C=O) groups is 2. The fourth-order valence-electron chi connectivity index (χ4n) is 5.33. The summed E-state index contributed by atoms with van der Waals surface area (Å²) in [6, 6.07) is 9.39. The molecule has 0 unspecified atom stereocenters.